The summed E-state index contributed by atoms with van der Waals surface area (Å²) in [5, 5.41) is 3.77. The third-order valence-electron chi connectivity index (χ3n) is 3.91. The van der Waals surface area contributed by atoms with Gasteiger partial charge in [0, 0.05) is 25.2 Å². The average molecular weight is 305 g/mol. The van der Waals surface area contributed by atoms with E-state index in [-0.39, 0.29) is 0 Å². The van der Waals surface area contributed by atoms with Gasteiger partial charge >= 0.3 is 0 Å². The molecule has 1 aliphatic rings. The average Bonchev–Trinajstić information content (AvgIpc) is 2.26. The van der Waals surface area contributed by atoms with Crippen LogP contribution < -0.4 is 5.32 Å². The van der Waals surface area contributed by atoms with Crippen LogP contribution in [-0.2, 0) is 10.0 Å². The molecule has 120 valence electrons. The summed E-state index contributed by atoms with van der Waals surface area (Å²) in [6.45, 7) is 10.4. The van der Waals surface area contributed by atoms with Gasteiger partial charge in [0.1, 0.15) is 0 Å². The molecule has 4 nitrogen and oxygen atoms in total. The molecule has 0 atom stereocenters. The Labute approximate surface area is 125 Å². The lowest BCUT2D eigenvalue weighted by Gasteiger charge is -2.34. The predicted octanol–water partition coefficient (Wildman–Crippen LogP) is 2.46. The minimum Gasteiger partial charge on any atom is -0.311 e. The van der Waals surface area contributed by atoms with Crippen molar-refractivity contribution < 1.29 is 8.42 Å². The van der Waals surface area contributed by atoms with E-state index in [4.69, 9.17) is 0 Å². The van der Waals surface area contributed by atoms with Crippen molar-refractivity contribution in [3.8, 4) is 0 Å². The van der Waals surface area contributed by atoms with Crippen LogP contribution in [0, 0.1) is 11.8 Å². The molecule has 0 aromatic rings. The zero-order valence-corrected chi connectivity index (χ0v) is 14.5. The van der Waals surface area contributed by atoms with E-state index in [1.165, 1.54) is 19.1 Å². The fourth-order valence-corrected chi connectivity index (χ4v) is 3.93. The Morgan fingerprint density at radius 1 is 1.05 bits per heavy atom. The second-order valence-electron chi connectivity index (χ2n) is 7.06. The first-order valence-corrected chi connectivity index (χ1v) is 9.74. The van der Waals surface area contributed by atoms with Crippen LogP contribution in [0.4, 0.5) is 0 Å². The first-order chi connectivity index (χ1) is 9.18. The van der Waals surface area contributed by atoms with Gasteiger partial charge < -0.3 is 5.32 Å². The van der Waals surface area contributed by atoms with Gasteiger partial charge in [0.25, 0.3) is 0 Å². The van der Waals surface area contributed by atoms with E-state index in [1.807, 2.05) is 0 Å². The van der Waals surface area contributed by atoms with Crippen LogP contribution in [0.2, 0.25) is 0 Å². The standard InChI is InChI=1S/C15H32N2O2S/c1-12(2)10-15(11-13(3)4)16-14-6-8-17(9-7-14)20(5,18)19/h12-16H,6-11H2,1-5H3. The van der Waals surface area contributed by atoms with E-state index in [0.29, 0.717) is 37.0 Å². The van der Waals surface area contributed by atoms with Gasteiger partial charge in [-0.1, -0.05) is 27.7 Å². The van der Waals surface area contributed by atoms with E-state index >= 15 is 0 Å². The van der Waals surface area contributed by atoms with E-state index in [1.54, 1.807) is 4.31 Å². The largest absolute Gasteiger partial charge is 0.311 e. The maximum Gasteiger partial charge on any atom is 0.211 e. The third-order valence-corrected chi connectivity index (χ3v) is 5.21. The fraction of sp³-hybridized carbons (Fsp3) is 1.00. The van der Waals surface area contributed by atoms with Gasteiger partial charge in [0.15, 0.2) is 0 Å². The summed E-state index contributed by atoms with van der Waals surface area (Å²) >= 11 is 0. The van der Waals surface area contributed by atoms with Crippen molar-refractivity contribution in [2.75, 3.05) is 19.3 Å². The van der Waals surface area contributed by atoms with Gasteiger partial charge in [0.05, 0.1) is 6.26 Å². The molecule has 1 rings (SSSR count). The van der Waals surface area contributed by atoms with Crippen molar-refractivity contribution in [2.24, 2.45) is 11.8 Å². The quantitative estimate of drug-likeness (QED) is 0.786. The maximum absolute atomic E-state index is 11.5. The Morgan fingerprint density at radius 2 is 1.50 bits per heavy atom. The lowest BCUT2D eigenvalue weighted by molar-refractivity contribution is 0.250. The van der Waals surface area contributed by atoms with Gasteiger partial charge in [0.2, 0.25) is 10.0 Å². The smallest absolute Gasteiger partial charge is 0.211 e. The highest BCUT2D eigenvalue weighted by atomic mass is 32.2. The number of nitrogens with zero attached hydrogens (tertiary/aromatic N) is 1. The number of piperidine rings is 1. The Hall–Kier alpha value is -0.130. The van der Waals surface area contributed by atoms with E-state index in [2.05, 4.69) is 33.0 Å². The lowest BCUT2D eigenvalue weighted by atomic mass is 9.94. The Morgan fingerprint density at radius 3 is 1.85 bits per heavy atom. The summed E-state index contributed by atoms with van der Waals surface area (Å²) in [5.41, 5.74) is 0. The Kier molecular flexibility index (Phi) is 6.95. The molecule has 5 heteroatoms. The van der Waals surface area contributed by atoms with Crippen molar-refractivity contribution in [1.29, 1.82) is 0 Å². The molecular weight excluding hydrogens is 272 g/mol. The van der Waals surface area contributed by atoms with Crippen LogP contribution in [0.15, 0.2) is 0 Å². The molecule has 0 amide bonds. The maximum atomic E-state index is 11.5. The summed E-state index contributed by atoms with van der Waals surface area (Å²) in [6.07, 6.45) is 5.57. The van der Waals surface area contributed by atoms with Crippen LogP contribution in [0.3, 0.4) is 0 Å². The van der Waals surface area contributed by atoms with Crippen LogP contribution in [0.5, 0.6) is 0 Å². The molecule has 0 bridgehead atoms. The highest BCUT2D eigenvalue weighted by Gasteiger charge is 2.26. The summed E-state index contributed by atoms with van der Waals surface area (Å²) in [6, 6.07) is 1.03. The molecule has 1 heterocycles. The van der Waals surface area contributed by atoms with Crippen LogP contribution in [-0.4, -0.2) is 44.2 Å². The SMILES string of the molecule is CC(C)CC(CC(C)C)NC1CCN(S(C)(=O)=O)CC1. The number of sulfonamides is 1. The zero-order valence-electron chi connectivity index (χ0n) is 13.7. The zero-order chi connectivity index (χ0) is 15.3. The van der Waals surface area contributed by atoms with E-state index < -0.39 is 10.0 Å². The second kappa shape index (κ2) is 7.76. The molecule has 0 spiro atoms. The predicted molar refractivity (Wildman–Crippen MR) is 85.3 cm³/mol. The second-order valence-corrected chi connectivity index (χ2v) is 9.04. The molecule has 0 unspecified atom stereocenters. The molecule has 1 aliphatic heterocycles. The molecule has 0 aliphatic carbocycles. The van der Waals surface area contributed by atoms with Gasteiger partial charge in [-0.25, -0.2) is 12.7 Å². The first kappa shape index (κ1) is 17.9. The molecule has 1 saturated heterocycles. The fourth-order valence-electron chi connectivity index (χ4n) is 3.06. The Balaban J connectivity index is 2.46. The minimum absolute atomic E-state index is 0.468. The molecule has 0 aromatic heterocycles. The molecule has 0 saturated carbocycles. The van der Waals surface area contributed by atoms with Crippen LogP contribution in [0.25, 0.3) is 0 Å². The minimum atomic E-state index is -3.01. The van der Waals surface area contributed by atoms with Gasteiger partial charge in [-0.3, -0.25) is 0 Å². The molecule has 0 radical (unpaired) electrons. The first-order valence-electron chi connectivity index (χ1n) is 7.89. The van der Waals surface area contributed by atoms with E-state index in [0.717, 1.165) is 12.8 Å². The number of rotatable bonds is 7. The molecule has 1 fully saturated rings. The molecule has 0 aromatic carbocycles. The van der Waals surface area contributed by atoms with Crippen molar-refractivity contribution >= 4 is 10.0 Å². The topological polar surface area (TPSA) is 49.4 Å². The van der Waals surface area contributed by atoms with Crippen molar-refractivity contribution in [2.45, 2.75) is 65.5 Å². The third kappa shape index (κ3) is 6.55. The Bertz CT molecular complexity index is 361. The van der Waals surface area contributed by atoms with Crippen molar-refractivity contribution in [3.05, 3.63) is 0 Å². The summed E-state index contributed by atoms with van der Waals surface area (Å²) in [7, 11) is -3.01. The van der Waals surface area contributed by atoms with Gasteiger partial charge in [-0.2, -0.15) is 0 Å². The van der Waals surface area contributed by atoms with Crippen molar-refractivity contribution in [3.63, 3.8) is 0 Å². The monoisotopic (exact) mass is 304 g/mol. The van der Waals surface area contributed by atoms with Crippen LogP contribution in [0.1, 0.15) is 53.4 Å². The highest BCUT2D eigenvalue weighted by Crippen LogP contribution is 2.18. The van der Waals surface area contributed by atoms with Gasteiger partial charge in [-0.15, -0.1) is 0 Å². The summed E-state index contributed by atoms with van der Waals surface area (Å²) in [5.74, 6) is 1.39. The summed E-state index contributed by atoms with van der Waals surface area (Å²) < 4.78 is 24.6. The number of hydrogen-bond acceptors (Lipinski definition) is 3. The number of hydrogen-bond donors (Lipinski definition) is 1. The van der Waals surface area contributed by atoms with Crippen LogP contribution >= 0.6 is 0 Å². The highest BCUT2D eigenvalue weighted by molar-refractivity contribution is 7.88. The molecule has 1 N–H and O–H groups in total. The lowest BCUT2D eigenvalue weighted by Crippen LogP contribution is -2.48. The van der Waals surface area contributed by atoms with Gasteiger partial charge in [-0.05, 0) is 37.5 Å². The molecule has 20 heavy (non-hydrogen) atoms. The normalized spacial score (nSPS) is 19.4. The number of nitrogens with one attached hydrogen (secondary N) is 1. The summed E-state index contributed by atoms with van der Waals surface area (Å²) in [4.78, 5) is 0. The van der Waals surface area contributed by atoms with E-state index in [9.17, 15) is 8.42 Å². The van der Waals surface area contributed by atoms with Crippen molar-refractivity contribution in [1.82, 2.24) is 9.62 Å². The molecular formula is C15H32N2O2S.